The van der Waals surface area contributed by atoms with Gasteiger partial charge in [0.1, 0.15) is 6.61 Å². The summed E-state index contributed by atoms with van der Waals surface area (Å²) in [6.07, 6.45) is 2.59. The molecule has 0 atom stereocenters. The van der Waals surface area contributed by atoms with Gasteiger partial charge < -0.3 is 9.84 Å². The van der Waals surface area contributed by atoms with Crippen LogP contribution in [0, 0.1) is 0 Å². The first-order valence-electron chi connectivity index (χ1n) is 5.74. The van der Waals surface area contributed by atoms with E-state index in [1.165, 1.54) is 0 Å². The Morgan fingerprint density at radius 2 is 2.25 bits per heavy atom. The van der Waals surface area contributed by atoms with Crippen molar-refractivity contribution < 1.29 is 9.84 Å². The molecule has 0 aromatic heterocycles. The average molecular weight is 217 g/mol. The number of nitrogens with zero attached hydrogens (tertiary/aromatic N) is 1. The largest absolute Gasteiger partial charge is 0.476 e. The van der Waals surface area contributed by atoms with Crippen LogP contribution in [0.15, 0.2) is 29.3 Å². The molecular formula is C13H15NO2. The second-order valence-corrected chi connectivity index (χ2v) is 4.64. The highest BCUT2D eigenvalue weighted by atomic mass is 16.5. The van der Waals surface area contributed by atoms with Crippen molar-refractivity contribution in [2.24, 2.45) is 4.99 Å². The molecule has 0 amide bonds. The Morgan fingerprint density at radius 1 is 1.38 bits per heavy atom. The van der Waals surface area contributed by atoms with E-state index in [1.54, 1.807) is 0 Å². The van der Waals surface area contributed by atoms with Crippen molar-refractivity contribution in [2.45, 2.75) is 24.9 Å². The monoisotopic (exact) mass is 217 g/mol. The summed E-state index contributed by atoms with van der Waals surface area (Å²) < 4.78 is 5.43. The van der Waals surface area contributed by atoms with E-state index in [4.69, 9.17) is 4.74 Å². The molecule has 1 aromatic rings. The molecule has 1 aromatic carbocycles. The van der Waals surface area contributed by atoms with Gasteiger partial charge in [0.15, 0.2) is 0 Å². The van der Waals surface area contributed by atoms with Crippen LogP contribution >= 0.6 is 0 Å². The fourth-order valence-corrected chi connectivity index (χ4v) is 2.03. The van der Waals surface area contributed by atoms with Crippen molar-refractivity contribution in [1.82, 2.24) is 0 Å². The SMILES string of the molecule is OC1(Cc2cccc(C3=NCCO3)c2)CC1. The van der Waals surface area contributed by atoms with E-state index in [2.05, 4.69) is 17.1 Å². The third-order valence-corrected chi connectivity index (χ3v) is 3.12. The number of benzene rings is 1. The maximum Gasteiger partial charge on any atom is 0.216 e. The molecule has 0 spiro atoms. The maximum atomic E-state index is 9.88. The van der Waals surface area contributed by atoms with Crippen LogP contribution < -0.4 is 0 Å². The molecule has 2 aliphatic rings. The van der Waals surface area contributed by atoms with Gasteiger partial charge in [-0.25, -0.2) is 4.99 Å². The lowest BCUT2D eigenvalue weighted by atomic mass is 10.0. The van der Waals surface area contributed by atoms with Crippen molar-refractivity contribution in [3.05, 3.63) is 35.4 Å². The smallest absolute Gasteiger partial charge is 0.216 e. The standard InChI is InChI=1S/C13H15NO2/c15-13(4-5-13)9-10-2-1-3-11(8-10)12-14-6-7-16-12/h1-3,8,15H,4-7,9H2. The number of rotatable bonds is 3. The van der Waals surface area contributed by atoms with Crippen molar-refractivity contribution in [3.63, 3.8) is 0 Å². The Morgan fingerprint density at radius 3 is 2.94 bits per heavy atom. The van der Waals surface area contributed by atoms with Crippen LogP contribution in [0.5, 0.6) is 0 Å². The topological polar surface area (TPSA) is 41.8 Å². The third-order valence-electron chi connectivity index (χ3n) is 3.12. The number of aliphatic imine (C=N–C) groups is 1. The van der Waals surface area contributed by atoms with Crippen molar-refractivity contribution in [1.29, 1.82) is 0 Å². The van der Waals surface area contributed by atoms with Crippen LogP contribution in [0.2, 0.25) is 0 Å². The predicted octanol–water partition coefficient (Wildman–Crippen LogP) is 1.53. The summed E-state index contributed by atoms with van der Waals surface area (Å²) in [4.78, 5) is 4.29. The fourth-order valence-electron chi connectivity index (χ4n) is 2.03. The highest BCUT2D eigenvalue weighted by Crippen LogP contribution is 2.38. The van der Waals surface area contributed by atoms with Crippen molar-refractivity contribution >= 4 is 5.90 Å². The lowest BCUT2D eigenvalue weighted by Crippen LogP contribution is -2.11. The molecular weight excluding hydrogens is 202 g/mol. The van der Waals surface area contributed by atoms with Crippen LogP contribution in [-0.4, -0.2) is 29.8 Å². The Hall–Kier alpha value is -1.35. The Labute approximate surface area is 94.8 Å². The van der Waals surface area contributed by atoms with E-state index in [-0.39, 0.29) is 0 Å². The quantitative estimate of drug-likeness (QED) is 0.834. The summed E-state index contributed by atoms with van der Waals surface area (Å²) in [5, 5.41) is 9.88. The zero-order valence-electron chi connectivity index (χ0n) is 9.15. The minimum Gasteiger partial charge on any atom is -0.476 e. The highest BCUT2D eigenvalue weighted by molar-refractivity contribution is 5.95. The van der Waals surface area contributed by atoms with E-state index in [0.717, 1.165) is 42.8 Å². The van der Waals surface area contributed by atoms with E-state index >= 15 is 0 Å². The molecule has 1 fully saturated rings. The second kappa shape index (κ2) is 3.59. The number of aliphatic hydroxyl groups is 1. The van der Waals surface area contributed by atoms with E-state index < -0.39 is 5.60 Å². The van der Waals surface area contributed by atoms with Crippen LogP contribution in [0.25, 0.3) is 0 Å². The normalized spacial score (nSPS) is 21.4. The van der Waals surface area contributed by atoms with Crippen LogP contribution in [0.1, 0.15) is 24.0 Å². The molecule has 0 bridgehead atoms. The average Bonchev–Trinajstić information content (AvgIpc) is 2.84. The number of ether oxygens (including phenoxy) is 1. The van der Waals surface area contributed by atoms with Gasteiger partial charge in [0.05, 0.1) is 12.1 Å². The summed E-state index contributed by atoms with van der Waals surface area (Å²) in [6, 6.07) is 8.13. The summed E-state index contributed by atoms with van der Waals surface area (Å²) >= 11 is 0. The van der Waals surface area contributed by atoms with E-state index in [0.29, 0.717) is 6.61 Å². The van der Waals surface area contributed by atoms with Gasteiger partial charge in [-0.05, 0) is 30.5 Å². The molecule has 1 heterocycles. The van der Waals surface area contributed by atoms with Gasteiger partial charge in [-0.1, -0.05) is 12.1 Å². The van der Waals surface area contributed by atoms with Gasteiger partial charge in [-0.3, -0.25) is 0 Å². The van der Waals surface area contributed by atoms with Crippen molar-refractivity contribution in [3.8, 4) is 0 Å². The van der Waals surface area contributed by atoms with Gasteiger partial charge in [0.25, 0.3) is 0 Å². The molecule has 3 heteroatoms. The van der Waals surface area contributed by atoms with Crippen LogP contribution in [0.4, 0.5) is 0 Å². The summed E-state index contributed by atoms with van der Waals surface area (Å²) in [5.41, 5.74) is 1.76. The van der Waals surface area contributed by atoms with Crippen LogP contribution in [-0.2, 0) is 11.2 Å². The van der Waals surface area contributed by atoms with Gasteiger partial charge in [0.2, 0.25) is 5.90 Å². The Bertz CT molecular complexity index is 435. The highest BCUT2D eigenvalue weighted by Gasteiger charge is 2.40. The van der Waals surface area contributed by atoms with Crippen LogP contribution in [0.3, 0.4) is 0 Å². The second-order valence-electron chi connectivity index (χ2n) is 4.64. The molecule has 3 nitrogen and oxygen atoms in total. The van der Waals surface area contributed by atoms with Gasteiger partial charge >= 0.3 is 0 Å². The van der Waals surface area contributed by atoms with Crippen molar-refractivity contribution in [2.75, 3.05) is 13.2 Å². The maximum absolute atomic E-state index is 9.88. The summed E-state index contributed by atoms with van der Waals surface area (Å²) in [6.45, 7) is 1.44. The molecule has 0 radical (unpaired) electrons. The lowest BCUT2D eigenvalue weighted by Gasteiger charge is -2.09. The summed E-state index contributed by atoms with van der Waals surface area (Å²) in [5.74, 6) is 0.740. The van der Waals surface area contributed by atoms with E-state index in [1.807, 2.05) is 12.1 Å². The van der Waals surface area contributed by atoms with Gasteiger partial charge in [0, 0.05) is 12.0 Å². The Kier molecular flexibility index (Phi) is 2.21. The number of hydrogen-bond acceptors (Lipinski definition) is 3. The first kappa shape index (κ1) is 9.85. The first-order chi connectivity index (χ1) is 7.75. The molecule has 0 unspecified atom stereocenters. The predicted molar refractivity (Wildman–Crippen MR) is 61.7 cm³/mol. The molecule has 3 rings (SSSR count). The van der Waals surface area contributed by atoms with Gasteiger partial charge in [-0.2, -0.15) is 0 Å². The minimum absolute atomic E-state index is 0.434. The molecule has 1 N–H and O–H groups in total. The number of hydrogen-bond donors (Lipinski definition) is 1. The molecule has 1 saturated carbocycles. The molecule has 1 aliphatic heterocycles. The third kappa shape index (κ3) is 1.95. The van der Waals surface area contributed by atoms with Gasteiger partial charge in [-0.15, -0.1) is 0 Å². The minimum atomic E-state index is -0.434. The first-order valence-corrected chi connectivity index (χ1v) is 5.74. The zero-order valence-corrected chi connectivity index (χ0v) is 9.15. The van der Waals surface area contributed by atoms with E-state index in [9.17, 15) is 5.11 Å². The zero-order chi connectivity index (χ0) is 11.0. The lowest BCUT2D eigenvalue weighted by molar-refractivity contribution is 0.151. The Balaban J connectivity index is 1.82. The molecule has 1 aliphatic carbocycles. The summed E-state index contributed by atoms with van der Waals surface area (Å²) in [7, 11) is 0. The molecule has 84 valence electrons. The molecule has 0 saturated heterocycles. The fraction of sp³-hybridized carbons (Fsp3) is 0.462. The molecule has 16 heavy (non-hydrogen) atoms.